The highest BCUT2D eigenvalue weighted by molar-refractivity contribution is 5.22. The molecule has 0 saturated carbocycles. The third-order valence-corrected chi connectivity index (χ3v) is 1.39. The molecule has 0 spiro atoms. The summed E-state index contributed by atoms with van der Waals surface area (Å²) in [5.41, 5.74) is 0. The summed E-state index contributed by atoms with van der Waals surface area (Å²) in [6.45, 7) is 0. The minimum Gasteiger partial charge on any atom is -0.493 e. The first kappa shape index (κ1) is 6.78. The number of nitrogens with zero attached hydrogens (tertiary/aromatic N) is 4. The molecule has 0 aliphatic rings. The lowest BCUT2D eigenvalue weighted by Gasteiger charge is -1.98. The Morgan fingerprint density at radius 3 is 2.75 bits per heavy atom. The van der Waals surface area contributed by atoms with E-state index in [1.165, 1.54) is 29.3 Å². The molecular weight excluding hydrogens is 156 g/mol. The molecule has 0 bridgehead atoms. The summed E-state index contributed by atoms with van der Waals surface area (Å²) in [5, 5.41) is 13.1. The maximum Gasteiger partial charge on any atom is 0.215 e. The minimum absolute atomic E-state index is 0.0514. The molecule has 0 atom stereocenters. The second kappa shape index (κ2) is 2.61. The van der Waals surface area contributed by atoms with Crippen LogP contribution in [0.1, 0.15) is 0 Å². The monoisotopic (exact) mass is 162 g/mol. The molecule has 0 amide bonds. The lowest BCUT2D eigenvalue weighted by atomic mass is 10.6. The van der Waals surface area contributed by atoms with Gasteiger partial charge >= 0.3 is 0 Å². The van der Waals surface area contributed by atoms with Gasteiger partial charge in [-0.25, -0.2) is 4.98 Å². The minimum atomic E-state index is 0.0514. The maximum absolute atomic E-state index is 9.24. The average Bonchev–Trinajstić information content (AvgIpc) is 2.53. The van der Waals surface area contributed by atoms with Gasteiger partial charge in [0, 0.05) is 18.5 Å². The van der Waals surface area contributed by atoms with Gasteiger partial charge in [-0.2, -0.15) is 9.78 Å². The van der Waals surface area contributed by atoms with Crippen molar-refractivity contribution in [2.24, 2.45) is 0 Å². The molecule has 0 radical (unpaired) electrons. The Morgan fingerprint density at radius 2 is 2.17 bits per heavy atom. The summed E-state index contributed by atoms with van der Waals surface area (Å²) in [5.74, 6) is 0.551. The lowest BCUT2D eigenvalue weighted by Crippen LogP contribution is -1.98. The van der Waals surface area contributed by atoms with E-state index < -0.39 is 0 Å². The molecule has 5 nitrogen and oxygen atoms in total. The first-order valence-electron chi connectivity index (χ1n) is 3.37. The van der Waals surface area contributed by atoms with Gasteiger partial charge in [0.05, 0.1) is 12.4 Å². The lowest BCUT2D eigenvalue weighted by molar-refractivity contribution is 0.431. The molecule has 1 N–H and O–H groups in total. The van der Waals surface area contributed by atoms with Crippen molar-refractivity contribution >= 4 is 0 Å². The summed E-state index contributed by atoms with van der Waals surface area (Å²) in [6, 6.07) is 1.48. The molecule has 0 aliphatic heterocycles. The van der Waals surface area contributed by atoms with Crippen LogP contribution < -0.4 is 0 Å². The van der Waals surface area contributed by atoms with Gasteiger partial charge in [-0.3, -0.25) is 4.98 Å². The summed E-state index contributed by atoms with van der Waals surface area (Å²) in [6.07, 6.45) is 6.11. The van der Waals surface area contributed by atoms with E-state index in [9.17, 15) is 5.11 Å². The third-order valence-electron chi connectivity index (χ3n) is 1.39. The smallest absolute Gasteiger partial charge is 0.215 e. The fourth-order valence-electron chi connectivity index (χ4n) is 0.874. The van der Waals surface area contributed by atoms with E-state index in [2.05, 4.69) is 15.1 Å². The van der Waals surface area contributed by atoms with Crippen LogP contribution in [0.2, 0.25) is 0 Å². The van der Waals surface area contributed by atoms with Crippen LogP contribution >= 0.6 is 0 Å². The van der Waals surface area contributed by atoms with E-state index in [4.69, 9.17) is 0 Å². The zero-order valence-electron chi connectivity index (χ0n) is 6.12. The van der Waals surface area contributed by atoms with Gasteiger partial charge in [-0.1, -0.05) is 0 Å². The van der Waals surface area contributed by atoms with Crippen molar-refractivity contribution in [2.75, 3.05) is 0 Å². The van der Waals surface area contributed by atoms with Crippen LogP contribution in [-0.2, 0) is 0 Å². The summed E-state index contributed by atoms with van der Waals surface area (Å²) < 4.78 is 1.30. The molecule has 0 aliphatic carbocycles. The largest absolute Gasteiger partial charge is 0.493 e. The molecule has 60 valence electrons. The fraction of sp³-hybridized carbons (Fsp3) is 0. The quantitative estimate of drug-likeness (QED) is 0.657. The van der Waals surface area contributed by atoms with Crippen LogP contribution in [0.5, 0.6) is 5.88 Å². The van der Waals surface area contributed by atoms with Gasteiger partial charge in [-0.15, -0.1) is 0 Å². The van der Waals surface area contributed by atoms with Crippen LogP contribution in [0.3, 0.4) is 0 Å². The van der Waals surface area contributed by atoms with Crippen LogP contribution in [0.4, 0.5) is 0 Å². The molecule has 5 heteroatoms. The summed E-state index contributed by atoms with van der Waals surface area (Å²) in [4.78, 5) is 7.81. The third kappa shape index (κ3) is 1.01. The molecule has 2 aromatic heterocycles. The molecule has 12 heavy (non-hydrogen) atoms. The highest BCUT2D eigenvalue weighted by atomic mass is 16.3. The number of aromatic hydroxyl groups is 1. The zero-order chi connectivity index (χ0) is 8.39. The van der Waals surface area contributed by atoms with Gasteiger partial charge in [-0.05, 0) is 0 Å². The van der Waals surface area contributed by atoms with Crippen molar-refractivity contribution in [3.8, 4) is 11.7 Å². The normalized spacial score (nSPS) is 10.0. The van der Waals surface area contributed by atoms with Gasteiger partial charge < -0.3 is 5.11 Å². The van der Waals surface area contributed by atoms with Gasteiger partial charge in [0.25, 0.3) is 0 Å². The molecule has 0 saturated heterocycles. The first-order chi connectivity index (χ1) is 5.88. The Bertz CT molecular complexity index is 370. The van der Waals surface area contributed by atoms with Crippen molar-refractivity contribution in [1.82, 2.24) is 19.7 Å². The van der Waals surface area contributed by atoms with E-state index >= 15 is 0 Å². The number of aromatic nitrogens is 4. The van der Waals surface area contributed by atoms with Crippen molar-refractivity contribution < 1.29 is 5.11 Å². The van der Waals surface area contributed by atoms with E-state index in [1.54, 1.807) is 6.20 Å². The molecule has 2 rings (SSSR count). The Hall–Kier alpha value is -1.91. The second-order valence-electron chi connectivity index (χ2n) is 2.16. The average molecular weight is 162 g/mol. The molecule has 2 heterocycles. The Morgan fingerprint density at radius 1 is 1.25 bits per heavy atom. The van der Waals surface area contributed by atoms with Crippen LogP contribution in [0.25, 0.3) is 5.82 Å². The maximum atomic E-state index is 9.24. The Balaban J connectivity index is 2.51. The van der Waals surface area contributed by atoms with Crippen LogP contribution in [0.15, 0.2) is 30.9 Å². The fourth-order valence-corrected chi connectivity index (χ4v) is 0.874. The van der Waals surface area contributed by atoms with Crippen molar-refractivity contribution in [3.63, 3.8) is 0 Å². The second-order valence-corrected chi connectivity index (χ2v) is 2.16. The summed E-state index contributed by atoms with van der Waals surface area (Å²) in [7, 11) is 0. The standard InChI is InChI=1S/C7H6N4O/c12-7-1-2-10-11(7)6-5-8-3-4-9-6/h1-5,12H. The van der Waals surface area contributed by atoms with Crippen molar-refractivity contribution in [1.29, 1.82) is 0 Å². The topological polar surface area (TPSA) is 63.8 Å². The molecular formula is C7H6N4O. The molecule has 0 fully saturated rings. The number of rotatable bonds is 1. The summed E-state index contributed by atoms with van der Waals surface area (Å²) >= 11 is 0. The SMILES string of the molecule is Oc1ccnn1-c1cnccn1. The Kier molecular flexibility index (Phi) is 1.48. The van der Waals surface area contributed by atoms with Crippen molar-refractivity contribution in [3.05, 3.63) is 30.9 Å². The molecule has 0 unspecified atom stereocenters. The van der Waals surface area contributed by atoms with Gasteiger partial charge in [0.1, 0.15) is 0 Å². The Labute approximate surface area is 68.3 Å². The van der Waals surface area contributed by atoms with E-state index in [1.807, 2.05) is 0 Å². The predicted octanol–water partition coefficient (Wildman–Crippen LogP) is 0.368. The van der Waals surface area contributed by atoms with Crippen molar-refractivity contribution in [2.45, 2.75) is 0 Å². The van der Waals surface area contributed by atoms with Gasteiger partial charge in [0.2, 0.25) is 5.88 Å². The predicted molar refractivity (Wildman–Crippen MR) is 40.8 cm³/mol. The number of hydrogen-bond acceptors (Lipinski definition) is 4. The highest BCUT2D eigenvalue weighted by Gasteiger charge is 2.02. The van der Waals surface area contributed by atoms with Gasteiger partial charge in [0.15, 0.2) is 5.82 Å². The first-order valence-corrected chi connectivity index (χ1v) is 3.37. The zero-order valence-corrected chi connectivity index (χ0v) is 6.12. The molecule has 2 aromatic rings. The van der Waals surface area contributed by atoms with Crippen LogP contribution in [0, 0.1) is 0 Å². The van der Waals surface area contributed by atoms with E-state index in [0.717, 1.165) is 0 Å². The van der Waals surface area contributed by atoms with Crippen LogP contribution in [-0.4, -0.2) is 24.9 Å². The van der Waals surface area contributed by atoms with E-state index in [0.29, 0.717) is 5.82 Å². The number of hydrogen-bond donors (Lipinski definition) is 1. The molecule has 0 aromatic carbocycles. The van der Waals surface area contributed by atoms with E-state index in [-0.39, 0.29) is 5.88 Å². The highest BCUT2D eigenvalue weighted by Crippen LogP contribution is 2.10.